The summed E-state index contributed by atoms with van der Waals surface area (Å²) in [5.41, 5.74) is 8.59. The topological polar surface area (TPSA) is 76.9 Å². The van der Waals surface area contributed by atoms with Crippen molar-refractivity contribution in [1.29, 1.82) is 5.26 Å². The van der Waals surface area contributed by atoms with Gasteiger partial charge in [0.15, 0.2) is 0 Å². The van der Waals surface area contributed by atoms with E-state index in [0.717, 1.165) is 22.4 Å². The minimum atomic E-state index is -0.586. The Morgan fingerprint density at radius 1 is 1.53 bits per heavy atom. The van der Waals surface area contributed by atoms with Crippen LogP contribution in [0.1, 0.15) is 17.4 Å². The minimum absolute atomic E-state index is 0.335. The molecule has 1 aromatic heterocycles. The van der Waals surface area contributed by atoms with Crippen molar-refractivity contribution in [2.75, 3.05) is 13.2 Å². The third-order valence-corrected chi connectivity index (χ3v) is 4.02. The smallest absolute Gasteiger partial charge is 0.123 e. The number of hydrogen-bond donors (Lipinski definition) is 1. The summed E-state index contributed by atoms with van der Waals surface area (Å²) in [7, 11) is 1.99. The van der Waals surface area contributed by atoms with Gasteiger partial charge in [-0.2, -0.15) is 5.26 Å². The van der Waals surface area contributed by atoms with Crippen molar-refractivity contribution in [1.82, 2.24) is 9.55 Å². The van der Waals surface area contributed by atoms with Crippen LogP contribution >= 0.6 is 0 Å². The van der Waals surface area contributed by atoms with Gasteiger partial charge in [-0.25, -0.2) is 4.98 Å². The zero-order chi connectivity index (χ0) is 13.6. The molecule has 1 aromatic carbocycles. The lowest BCUT2D eigenvalue weighted by atomic mass is 9.77. The summed E-state index contributed by atoms with van der Waals surface area (Å²) >= 11 is 0. The van der Waals surface area contributed by atoms with Crippen LogP contribution in [0.15, 0.2) is 18.2 Å². The van der Waals surface area contributed by atoms with Gasteiger partial charge >= 0.3 is 0 Å². The highest BCUT2D eigenvalue weighted by atomic mass is 16.5. The number of aryl methyl sites for hydroxylation is 2. The summed E-state index contributed by atoms with van der Waals surface area (Å²) in [4.78, 5) is 4.50. The molecule has 1 saturated heterocycles. The van der Waals surface area contributed by atoms with Gasteiger partial charge in [0.25, 0.3) is 0 Å². The highest BCUT2D eigenvalue weighted by Crippen LogP contribution is 2.38. The van der Waals surface area contributed by atoms with Crippen LogP contribution < -0.4 is 5.73 Å². The fourth-order valence-electron chi connectivity index (χ4n) is 2.49. The molecule has 98 valence electrons. The van der Waals surface area contributed by atoms with Crippen LogP contribution in [-0.4, -0.2) is 22.8 Å². The summed E-state index contributed by atoms with van der Waals surface area (Å²) in [6.07, 6.45) is 0. The van der Waals surface area contributed by atoms with Crippen LogP contribution in [0.3, 0.4) is 0 Å². The summed E-state index contributed by atoms with van der Waals surface area (Å²) in [5, 5.41) is 9.30. The van der Waals surface area contributed by atoms with Crippen molar-refractivity contribution < 1.29 is 4.74 Å². The molecule has 0 aliphatic carbocycles. The predicted molar refractivity (Wildman–Crippen MR) is 71.2 cm³/mol. The molecular formula is C14H16N4O. The van der Waals surface area contributed by atoms with Crippen molar-refractivity contribution in [2.45, 2.75) is 13.0 Å². The summed E-state index contributed by atoms with van der Waals surface area (Å²) < 4.78 is 7.20. The number of fused-ring (bicyclic) bond motifs is 1. The van der Waals surface area contributed by atoms with E-state index >= 15 is 0 Å². The van der Waals surface area contributed by atoms with Crippen molar-refractivity contribution in [2.24, 2.45) is 18.2 Å². The van der Waals surface area contributed by atoms with E-state index in [9.17, 15) is 5.26 Å². The van der Waals surface area contributed by atoms with Gasteiger partial charge in [-0.15, -0.1) is 0 Å². The van der Waals surface area contributed by atoms with Crippen molar-refractivity contribution in [3.8, 4) is 6.07 Å². The number of aromatic nitrogens is 2. The van der Waals surface area contributed by atoms with E-state index < -0.39 is 5.41 Å². The first-order valence-electron chi connectivity index (χ1n) is 6.25. The Balaban J connectivity index is 2.04. The fraction of sp³-hybridized carbons (Fsp3) is 0.429. The maximum absolute atomic E-state index is 9.30. The van der Waals surface area contributed by atoms with Gasteiger partial charge in [-0.05, 0) is 24.6 Å². The van der Waals surface area contributed by atoms with E-state index in [2.05, 4.69) is 11.1 Å². The third kappa shape index (κ3) is 1.65. The first kappa shape index (κ1) is 12.2. The Labute approximate surface area is 111 Å². The number of imidazole rings is 1. The lowest BCUT2D eigenvalue weighted by Gasteiger charge is -2.39. The minimum Gasteiger partial charge on any atom is -0.378 e. The van der Waals surface area contributed by atoms with Gasteiger partial charge in [-0.3, -0.25) is 0 Å². The number of ether oxygens (including phenoxy) is 1. The van der Waals surface area contributed by atoms with Crippen LogP contribution in [0.4, 0.5) is 0 Å². The summed E-state index contributed by atoms with van der Waals surface area (Å²) in [6.45, 7) is 2.78. The Hall–Kier alpha value is -1.90. The number of hydrogen-bond acceptors (Lipinski definition) is 4. The molecule has 0 amide bonds. The normalized spacial score (nSPS) is 18.8. The molecule has 5 nitrogen and oxygen atoms in total. The lowest BCUT2D eigenvalue weighted by Crippen LogP contribution is -2.49. The first-order chi connectivity index (χ1) is 9.07. The average Bonchev–Trinajstić information content (AvgIpc) is 2.64. The van der Waals surface area contributed by atoms with Gasteiger partial charge in [0.2, 0.25) is 0 Å². The van der Waals surface area contributed by atoms with Crippen LogP contribution in [-0.2, 0) is 11.8 Å². The number of nitriles is 1. The Morgan fingerprint density at radius 3 is 2.84 bits per heavy atom. The second kappa shape index (κ2) is 4.05. The van der Waals surface area contributed by atoms with Gasteiger partial charge < -0.3 is 15.0 Å². The highest BCUT2D eigenvalue weighted by molar-refractivity contribution is 5.77. The zero-order valence-corrected chi connectivity index (χ0v) is 11.1. The molecule has 0 bridgehead atoms. The molecule has 0 spiro atoms. The van der Waals surface area contributed by atoms with Crippen molar-refractivity contribution >= 4 is 11.0 Å². The number of benzene rings is 1. The van der Waals surface area contributed by atoms with E-state index in [1.165, 1.54) is 0 Å². The van der Waals surface area contributed by atoms with E-state index in [1.807, 2.05) is 36.7 Å². The van der Waals surface area contributed by atoms with Gasteiger partial charge in [0.1, 0.15) is 11.2 Å². The monoisotopic (exact) mass is 256 g/mol. The molecule has 19 heavy (non-hydrogen) atoms. The van der Waals surface area contributed by atoms with Crippen molar-refractivity contribution in [3.05, 3.63) is 29.6 Å². The van der Waals surface area contributed by atoms with E-state index in [1.54, 1.807) is 0 Å². The second-order valence-electron chi connectivity index (χ2n) is 5.20. The quantitative estimate of drug-likeness (QED) is 0.881. The molecule has 0 radical (unpaired) electrons. The summed E-state index contributed by atoms with van der Waals surface area (Å²) in [6, 6.07) is 7.93. The average molecular weight is 256 g/mol. The molecule has 5 heteroatoms. The number of nitrogens with two attached hydrogens (primary N) is 1. The Kier molecular flexibility index (Phi) is 2.59. The molecule has 3 rings (SSSR count). The van der Waals surface area contributed by atoms with Gasteiger partial charge in [0, 0.05) is 7.05 Å². The third-order valence-electron chi connectivity index (χ3n) is 4.02. The lowest BCUT2D eigenvalue weighted by molar-refractivity contribution is -0.0910. The van der Waals surface area contributed by atoms with Crippen LogP contribution in [0.5, 0.6) is 0 Å². The molecule has 2 N–H and O–H groups in total. The van der Waals surface area contributed by atoms with Gasteiger partial charge in [-0.1, -0.05) is 6.07 Å². The zero-order valence-electron chi connectivity index (χ0n) is 11.1. The van der Waals surface area contributed by atoms with E-state index in [-0.39, 0.29) is 6.04 Å². The fourth-order valence-corrected chi connectivity index (χ4v) is 2.49. The van der Waals surface area contributed by atoms with E-state index in [0.29, 0.717) is 13.2 Å². The molecule has 2 heterocycles. The van der Waals surface area contributed by atoms with Crippen molar-refractivity contribution in [3.63, 3.8) is 0 Å². The van der Waals surface area contributed by atoms with E-state index in [4.69, 9.17) is 10.5 Å². The molecule has 2 aromatic rings. The molecular weight excluding hydrogens is 240 g/mol. The first-order valence-corrected chi connectivity index (χ1v) is 6.25. The predicted octanol–water partition coefficient (Wildman–Crippen LogP) is 1.42. The highest BCUT2D eigenvalue weighted by Gasteiger charge is 2.45. The maximum atomic E-state index is 9.30. The number of rotatable bonds is 2. The number of nitrogens with zero attached hydrogens (tertiary/aromatic N) is 3. The standard InChI is InChI=1S/C14H16N4O/c1-9-17-11-5-10(3-4-12(11)18(9)2)13(16)14(6-15)7-19-8-14/h3-5,13H,7-8,16H2,1-2H3. The molecule has 1 aliphatic heterocycles. The largest absolute Gasteiger partial charge is 0.378 e. The summed E-state index contributed by atoms with van der Waals surface area (Å²) in [5.74, 6) is 0.961. The molecule has 1 fully saturated rings. The van der Waals surface area contributed by atoms with Crippen LogP contribution in [0, 0.1) is 23.7 Å². The maximum Gasteiger partial charge on any atom is 0.123 e. The Morgan fingerprint density at radius 2 is 2.26 bits per heavy atom. The van der Waals surface area contributed by atoms with Crippen LogP contribution in [0.25, 0.3) is 11.0 Å². The second-order valence-corrected chi connectivity index (χ2v) is 5.20. The molecule has 1 atom stereocenters. The van der Waals surface area contributed by atoms with Crippen LogP contribution in [0.2, 0.25) is 0 Å². The molecule has 1 unspecified atom stereocenters. The Bertz CT molecular complexity index is 679. The SMILES string of the molecule is Cc1nc2cc(C(N)C3(C#N)COC3)ccc2n1C. The molecule has 1 aliphatic rings. The molecule has 0 saturated carbocycles. The van der Waals surface area contributed by atoms with Gasteiger partial charge in [0.05, 0.1) is 36.4 Å².